The number of hydrogen-bond donors (Lipinski definition) is 1. The first-order valence-corrected chi connectivity index (χ1v) is 5.44. The summed E-state index contributed by atoms with van der Waals surface area (Å²) in [4.78, 5) is 10.7. The van der Waals surface area contributed by atoms with Crippen molar-refractivity contribution in [3.63, 3.8) is 0 Å². The monoisotopic (exact) mass is 206 g/mol. The number of nitrogens with two attached hydrogens (primary N) is 1. The lowest BCUT2D eigenvalue weighted by atomic mass is 9.97. The molecular formula is C11H18N4. The van der Waals surface area contributed by atoms with Crippen LogP contribution >= 0.6 is 0 Å². The Morgan fingerprint density at radius 2 is 2.20 bits per heavy atom. The first-order valence-electron chi connectivity index (χ1n) is 5.44. The number of anilines is 1. The highest BCUT2D eigenvalue weighted by Crippen LogP contribution is 2.20. The van der Waals surface area contributed by atoms with Crippen LogP contribution in [0.25, 0.3) is 0 Å². The van der Waals surface area contributed by atoms with Gasteiger partial charge in [0, 0.05) is 30.9 Å². The van der Waals surface area contributed by atoms with Crippen molar-refractivity contribution in [1.29, 1.82) is 0 Å². The molecule has 2 rings (SSSR count). The normalized spacial score (nSPS) is 26.7. The fourth-order valence-electron chi connectivity index (χ4n) is 2.20. The van der Waals surface area contributed by atoms with Crippen LogP contribution in [0.1, 0.15) is 19.0 Å². The van der Waals surface area contributed by atoms with Crippen LogP contribution in [0.4, 0.5) is 5.82 Å². The second-order valence-electron chi connectivity index (χ2n) is 4.52. The molecule has 0 amide bonds. The highest BCUT2D eigenvalue weighted by Gasteiger charge is 2.22. The van der Waals surface area contributed by atoms with E-state index in [4.69, 9.17) is 5.73 Å². The summed E-state index contributed by atoms with van der Waals surface area (Å²) in [6, 6.07) is 2.29. The summed E-state index contributed by atoms with van der Waals surface area (Å²) in [7, 11) is 0. The summed E-state index contributed by atoms with van der Waals surface area (Å²) in [5.41, 5.74) is 7.01. The zero-order valence-electron chi connectivity index (χ0n) is 9.35. The summed E-state index contributed by atoms with van der Waals surface area (Å²) in [6.45, 7) is 6.17. The summed E-state index contributed by atoms with van der Waals surface area (Å²) in [5, 5.41) is 0. The maximum atomic E-state index is 6.01. The zero-order valence-corrected chi connectivity index (χ0v) is 9.35. The maximum Gasteiger partial charge on any atom is 0.132 e. The Hall–Kier alpha value is -1.16. The van der Waals surface area contributed by atoms with Gasteiger partial charge in [-0.1, -0.05) is 6.92 Å². The predicted octanol–water partition coefficient (Wildman–Crippen LogP) is 0.959. The summed E-state index contributed by atoms with van der Waals surface area (Å²) < 4.78 is 0. The fraction of sp³-hybridized carbons (Fsp3) is 0.636. The zero-order chi connectivity index (χ0) is 10.8. The lowest BCUT2D eigenvalue weighted by molar-refractivity contribution is 0.399. The van der Waals surface area contributed by atoms with E-state index in [1.54, 1.807) is 6.33 Å². The van der Waals surface area contributed by atoms with Gasteiger partial charge in [0.2, 0.25) is 0 Å². The average molecular weight is 206 g/mol. The molecule has 2 atom stereocenters. The third-order valence-corrected chi connectivity index (χ3v) is 2.81. The van der Waals surface area contributed by atoms with Gasteiger partial charge in [0.15, 0.2) is 0 Å². The highest BCUT2D eigenvalue weighted by molar-refractivity contribution is 5.39. The number of aryl methyl sites for hydroxylation is 1. The van der Waals surface area contributed by atoms with Crippen molar-refractivity contribution < 1.29 is 0 Å². The molecule has 0 spiro atoms. The Morgan fingerprint density at radius 3 is 2.87 bits per heavy atom. The van der Waals surface area contributed by atoms with Crippen LogP contribution in [-0.4, -0.2) is 29.1 Å². The van der Waals surface area contributed by atoms with Crippen molar-refractivity contribution in [1.82, 2.24) is 9.97 Å². The Kier molecular flexibility index (Phi) is 2.86. The Bertz CT molecular complexity index is 329. The molecule has 0 aliphatic carbocycles. The molecule has 4 nitrogen and oxygen atoms in total. The fourth-order valence-corrected chi connectivity index (χ4v) is 2.20. The second kappa shape index (κ2) is 4.14. The molecule has 0 radical (unpaired) electrons. The van der Waals surface area contributed by atoms with Gasteiger partial charge >= 0.3 is 0 Å². The largest absolute Gasteiger partial charge is 0.355 e. The molecule has 1 aromatic rings. The Morgan fingerprint density at radius 1 is 1.40 bits per heavy atom. The van der Waals surface area contributed by atoms with Crippen LogP contribution in [0.5, 0.6) is 0 Å². The van der Waals surface area contributed by atoms with Gasteiger partial charge < -0.3 is 10.6 Å². The minimum atomic E-state index is 0.268. The van der Waals surface area contributed by atoms with E-state index in [-0.39, 0.29) is 6.04 Å². The van der Waals surface area contributed by atoms with E-state index in [1.165, 1.54) is 0 Å². The van der Waals surface area contributed by atoms with Crippen molar-refractivity contribution in [2.45, 2.75) is 26.3 Å². The van der Waals surface area contributed by atoms with Crippen LogP contribution in [0.3, 0.4) is 0 Å². The van der Waals surface area contributed by atoms with E-state index < -0.39 is 0 Å². The molecule has 1 fully saturated rings. The van der Waals surface area contributed by atoms with Gasteiger partial charge in [-0.05, 0) is 19.3 Å². The van der Waals surface area contributed by atoms with Gasteiger partial charge in [-0.25, -0.2) is 9.97 Å². The molecule has 2 unspecified atom stereocenters. The molecule has 2 heterocycles. The molecule has 2 N–H and O–H groups in total. The predicted molar refractivity (Wildman–Crippen MR) is 60.7 cm³/mol. The van der Waals surface area contributed by atoms with E-state index in [9.17, 15) is 0 Å². The van der Waals surface area contributed by atoms with E-state index in [1.807, 2.05) is 13.0 Å². The molecule has 4 heteroatoms. The third kappa shape index (κ3) is 2.45. The summed E-state index contributed by atoms with van der Waals surface area (Å²) in [5.74, 6) is 1.65. The molecular weight excluding hydrogens is 188 g/mol. The number of aromatic nitrogens is 2. The quantitative estimate of drug-likeness (QED) is 0.743. The minimum Gasteiger partial charge on any atom is -0.355 e. The Balaban J connectivity index is 2.16. The lowest BCUT2D eigenvalue weighted by Gasteiger charge is -2.35. The number of nitrogens with zero attached hydrogens (tertiary/aromatic N) is 3. The van der Waals surface area contributed by atoms with Gasteiger partial charge in [0.25, 0.3) is 0 Å². The van der Waals surface area contributed by atoms with E-state index in [0.717, 1.165) is 31.0 Å². The maximum absolute atomic E-state index is 6.01. The molecule has 0 bridgehead atoms. The molecule has 15 heavy (non-hydrogen) atoms. The molecule has 1 aliphatic heterocycles. The van der Waals surface area contributed by atoms with Gasteiger partial charge in [-0.3, -0.25) is 0 Å². The minimum absolute atomic E-state index is 0.268. The van der Waals surface area contributed by atoms with Crippen LogP contribution in [-0.2, 0) is 0 Å². The molecule has 1 saturated heterocycles. The van der Waals surface area contributed by atoms with Crippen molar-refractivity contribution in [2.24, 2.45) is 11.7 Å². The van der Waals surface area contributed by atoms with E-state index in [2.05, 4.69) is 21.8 Å². The van der Waals surface area contributed by atoms with Crippen LogP contribution in [0, 0.1) is 12.8 Å². The van der Waals surface area contributed by atoms with E-state index in [0.29, 0.717) is 5.92 Å². The summed E-state index contributed by atoms with van der Waals surface area (Å²) in [6.07, 6.45) is 2.73. The topological polar surface area (TPSA) is 55.0 Å². The SMILES string of the molecule is Cc1cc(N2CC(C)CC(N)C2)ncn1. The van der Waals surface area contributed by atoms with Gasteiger partial charge in [0.1, 0.15) is 12.1 Å². The number of piperidine rings is 1. The second-order valence-corrected chi connectivity index (χ2v) is 4.52. The van der Waals surface area contributed by atoms with Crippen molar-refractivity contribution in [3.8, 4) is 0 Å². The standard InChI is InChI=1S/C11H18N4/c1-8-3-10(12)6-15(5-8)11-4-9(2)13-7-14-11/h4,7-8,10H,3,5-6,12H2,1-2H3. The molecule has 1 aromatic heterocycles. The lowest BCUT2D eigenvalue weighted by Crippen LogP contribution is -2.46. The Labute approximate surface area is 90.5 Å². The first kappa shape index (κ1) is 10.4. The number of hydrogen-bond acceptors (Lipinski definition) is 4. The van der Waals surface area contributed by atoms with Crippen LogP contribution < -0.4 is 10.6 Å². The molecule has 82 valence electrons. The average Bonchev–Trinajstić information content (AvgIpc) is 2.16. The molecule has 1 aliphatic rings. The van der Waals surface area contributed by atoms with Crippen molar-refractivity contribution in [3.05, 3.63) is 18.1 Å². The van der Waals surface area contributed by atoms with E-state index >= 15 is 0 Å². The highest BCUT2D eigenvalue weighted by atomic mass is 15.2. The smallest absolute Gasteiger partial charge is 0.132 e. The third-order valence-electron chi connectivity index (χ3n) is 2.81. The number of rotatable bonds is 1. The molecule has 0 saturated carbocycles. The van der Waals surface area contributed by atoms with Gasteiger partial charge in [-0.2, -0.15) is 0 Å². The molecule has 0 aromatic carbocycles. The van der Waals surface area contributed by atoms with Crippen LogP contribution in [0.2, 0.25) is 0 Å². The first-order chi connectivity index (χ1) is 7.15. The van der Waals surface area contributed by atoms with Crippen molar-refractivity contribution in [2.75, 3.05) is 18.0 Å². The summed E-state index contributed by atoms with van der Waals surface area (Å²) >= 11 is 0. The van der Waals surface area contributed by atoms with Crippen LogP contribution in [0.15, 0.2) is 12.4 Å². The van der Waals surface area contributed by atoms with Crippen molar-refractivity contribution >= 4 is 5.82 Å². The van der Waals surface area contributed by atoms with Gasteiger partial charge in [-0.15, -0.1) is 0 Å². The van der Waals surface area contributed by atoms with Gasteiger partial charge in [0.05, 0.1) is 0 Å².